The smallest absolute Gasteiger partial charge is 0.311 e. The van der Waals surface area contributed by atoms with Crippen LogP contribution in [0.1, 0.15) is 62.5 Å². The highest BCUT2D eigenvalue weighted by Crippen LogP contribution is 2.30. The molecular weight excluding hydrogens is 633 g/mol. The van der Waals surface area contributed by atoms with Gasteiger partial charge in [-0.05, 0) is 95.6 Å². The third-order valence-corrected chi connectivity index (χ3v) is 8.39. The Balaban J connectivity index is 0.963. The second-order valence-corrected chi connectivity index (χ2v) is 11.9. The van der Waals surface area contributed by atoms with Crippen LogP contribution in [0.2, 0.25) is 0 Å². The van der Waals surface area contributed by atoms with Crippen LogP contribution in [-0.2, 0) is 11.2 Å². The molecule has 3 nitrogen and oxygen atoms in total. The van der Waals surface area contributed by atoms with E-state index in [0.717, 1.165) is 68.2 Å². The molecule has 0 aliphatic carbocycles. The first-order valence-electron chi connectivity index (χ1n) is 16.3. The van der Waals surface area contributed by atoms with Crippen molar-refractivity contribution in [3.8, 4) is 45.2 Å². The van der Waals surface area contributed by atoms with Crippen LogP contribution < -0.4 is 4.74 Å². The Morgan fingerprint density at radius 1 is 0.551 bits per heavy atom. The van der Waals surface area contributed by atoms with Gasteiger partial charge in [0, 0.05) is 17.5 Å². The second-order valence-electron chi connectivity index (χ2n) is 11.9. The van der Waals surface area contributed by atoms with E-state index >= 15 is 0 Å². The molecule has 8 heteroatoms. The van der Waals surface area contributed by atoms with Crippen LogP contribution >= 0.6 is 0 Å². The van der Waals surface area contributed by atoms with Crippen LogP contribution in [0.5, 0.6) is 5.75 Å². The van der Waals surface area contributed by atoms with Gasteiger partial charge >= 0.3 is 5.97 Å². The summed E-state index contributed by atoms with van der Waals surface area (Å²) in [4.78, 5) is 12.3. The molecular formula is C41H34F5NO2. The summed E-state index contributed by atoms with van der Waals surface area (Å²) in [5.41, 5.74) is 3.86. The Kier molecular flexibility index (Phi) is 11.9. The number of hydrogen-bond donors (Lipinski definition) is 0. The number of aryl methyl sites for hydroxylation is 1. The third kappa shape index (κ3) is 9.41. The Hall–Kier alpha value is -5.29. The molecule has 0 bridgehead atoms. The molecule has 0 aliphatic heterocycles. The van der Waals surface area contributed by atoms with Crippen LogP contribution in [0.4, 0.5) is 22.0 Å². The van der Waals surface area contributed by atoms with Gasteiger partial charge in [0.15, 0.2) is 17.5 Å². The summed E-state index contributed by atoms with van der Waals surface area (Å²) in [5.74, 6) is -5.16. The van der Waals surface area contributed by atoms with E-state index < -0.39 is 23.3 Å². The quantitative estimate of drug-likeness (QED) is 0.0389. The van der Waals surface area contributed by atoms with Crippen molar-refractivity contribution in [1.29, 1.82) is 5.26 Å². The molecule has 0 saturated carbocycles. The number of ether oxygens (including phenoxy) is 1. The molecule has 5 aromatic rings. The minimum absolute atomic E-state index is 0.0148. The standard InChI is InChI=1S/C41H34F5NO2/c42-36-22-27(12-20-35(36)32-24-38(44)41(46)39(45)25-32)8-6-4-2-1-3-5-7-9-40(48)49-33-18-15-29(16-19-33)31-17-21-34(37(43)23-31)30-13-10-28(26-47)11-14-30/h10-25H,1-9H2. The first-order valence-corrected chi connectivity index (χ1v) is 16.3. The zero-order valence-electron chi connectivity index (χ0n) is 26.8. The molecule has 0 aliphatic rings. The van der Waals surface area contributed by atoms with Crippen LogP contribution in [0.15, 0.2) is 97.1 Å². The monoisotopic (exact) mass is 667 g/mol. The number of nitrogens with zero attached hydrogens (tertiary/aromatic N) is 1. The number of halogens is 5. The summed E-state index contributed by atoms with van der Waals surface area (Å²) in [5, 5.41) is 8.97. The van der Waals surface area contributed by atoms with E-state index in [0.29, 0.717) is 40.8 Å². The van der Waals surface area contributed by atoms with Gasteiger partial charge in [-0.1, -0.05) is 80.6 Å². The zero-order chi connectivity index (χ0) is 34.8. The van der Waals surface area contributed by atoms with Gasteiger partial charge in [-0.3, -0.25) is 4.79 Å². The molecule has 0 aromatic heterocycles. The first-order chi connectivity index (χ1) is 23.7. The Morgan fingerprint density at radius 2 is 1.08 bits per heavy atom. The van der Waals surface area contributed by atoms with E-state index in [2.05, 4.69) is 6.07 Å². The maximum atomic E-state index is 14.9. The summed E-state index contributed by atoms with van der Waals surface area (Å²) < 4.78 is 75.3. The fourth-order valence-corrected chi connectivity index (χ4v) is 5.69. The number of hydrogen-bond acceptors (Lipinski definition) is 3. The van der Waals surface area contributed by atoms with Gasteiger partial charge in [-0.15, -0.1) is 0 Å². The number of esters is 1. The van der Waals surface area contributed by atoms with Gasteiger partial charge in [-0.2, -0.15) is 5.26 Å². The summed E-state index contributed by atoms with van der Waals surface area (Å²) in [6.07, 6.45) is 7.42. The molecule has 250 valence electrons. The fourth-order valence-electron chi connectivity index (χ4n) is 5.69. The predicted molar refractivity (Wildman–Crippen MR) is 180 cm³/mol. The topological polar surface area (TPSA) is 50.1 Å². The average molecular weight is 668 g/mol. The zero-order valence-corrected chi connectivity index (χ0v) is 26.8. The van der Waals surface area contributed by atoms with Crippen molar-refractivity contribution >= 4 is 5.97 Å². The third-order valence-electron chi connectivity index (χ3n) is 8.39. The van der Waals surface area contributed by atoms with Crippen molar-refractivity contribution in [3.63, 3.8) is 0 Å². The number of carbonyl (C=O) groups excluding carboxylic acids is 1. The Labute approximate surface area is 282 Å². The van der Waals surface area contributed by atoms with Gasteiger partial charge in [0.25, 0.3) is 0 Å². The SMILES string of the molecule is N#Cc1ccc(-c2ccc(-c3ccc(OC(=O)CCCCCCCCCc4ccc(-c5cc(F)c(F)c(F)c5)c(F)c4)cc3)cc2F)cc1. The van der Waals surface area contributed by atoms with Gasteiger partial charge < -0.3 is 4.74 Å². The summed E-state index contributed by atoms with van der Waals surface area (Å²) in [6.45, 7) is 0. The van der Waals surface area contributed by atoms with Gasteiger partial charge in [0.2, 0.25) is 0 Å². The highest BCUT2D eigenvalue weighted by atomic mass is 19.2. The van der Waals surface area contributed by atoms with E-state index in [9.17, 15) is 26.7 Å². The lowest BCUT2D eigenvalue weighted by molar-refractivity contribution is -0.134. The number of benzene rings is 5. The highest BCUT2D eigenvalue weighted by molar-refractivity contribution is 5.74. The molecule has 0 N–H and O–H groups in total. The summed E-state index contributed by atoms with van der Waals surface area (Å²) in [6, 6.07) is 26.8. The van der Waals surface area contributed by atoms with Crippen molar-refractivity contribution < 1.29 is 31.5 Å². The lowest BCUT2D eigenvalue weighted by Crippen LogP contribution is -2.07. The molecule has 0 amide bonds. The van der Waals surface area contributed by atoms with Crippen molar-refractivity contribution in [2.45, 2.75) is 57.8 Å². The lowest BCUT2D eigenvalue weighted by atomic mass is 9.99. The predicted octanol–water partition coefficient (Wildman–Crippen LogP) is 11.5. The largest absolute Gasteiger partial charge is 0.427 e. The van der Waals surface area contributed by atoms with Crippen molar-refractivity contribution in [2.75, 3.05) is 0 Å². The summed E-state index contributed by atoms with van der Waals surface area (Å²) >= 11 is 0. The van der Waals surface area contributed by atoms with Crippen molar-refractivity contribution in [3.05, 3.63) is 137 Å². The van der Waals surface area contributed by atoms with Crippen LogP contribution in [0.3, 0.4) is 0 Å². The minimum Gasteiger partial charge on any atom is -0.427 e. The van der Waals surface area contributed by atoms with Crippen molar-refractivity contribution in [1.82, 2.24) is 0 Å². The Morgan fingerprint density at radius 3 is 1.71 bits per heavy atom. The van der Waals surface area contributed by atoms with E-state index in [-0.39, 0.29) is 22.9 Å². The van der Waals surface area contributed by atoms with Gasteiger partial charge in [-0.25, -0.2) is 22.0 Å². The van der Waals surface area contributed by atoms with Crippen LogP contribution in [0, 0.1) is 40.4 Å². The van der Waals surface area contributed by atoms with Crippen LogP contribution in [0.25, 0.3) is 33.4 Å². The number of nitriles is 1. The second kappa shape index (κ2) is 16.7. The van der Waals surface area contributed by atoms with E-state index in [1.807, 2.05) is 6.07 Å². The van der Waals surface area contributed by atoms with Gasteiger partial charge in [0.05, 0.1) is 11.6 Å². The maximum absolute atomic E-state index is 14.9. The first kappa shape index (κ1) is 35.0. The molecule has 0 unspecified atom stereocenters. The lowest BCUT2D eigenvalue weighted by Gasteiger charge is -2.09. The van der Waals surface area contributed by atoms with Gasteiger partial charge in [0.1, 0.15) is 17.4 Å². The number of rotatable bonds is 14. The van der Waals surface area contributed by atoms with E-state index in [1.54, 1.807) is 60.7 Å². The molecule has 49 heavy (non-hydrogen) atoms. The fraction of sp³-hybridized carbons (Fsp3) is 0.220. The molecule has 5 rings (SSSR count). The molecule has 0 atom stereocenters. The normalized spacial score (nSPS) is 10.9. The minimum atomic E-state index is -1.58. The van der Waals surface area contributed by atoms with Crippen LogP contribution in [-0.4, -0.2) is 5.97 Å². The Bertz CT molecular complexity index is 1930. The maximum Gasteiger partial charge on any atom is 0.311 e. The van der Waals surface area contributed by atoms with E-state index in [4.69, 9.17) is 10.00 Å². The highest BCUT2D eigenvalue weighted by Gasteiger charge is 2.15. The molecule has 0 spiro atoms. The number of unbranched alkanes of at least 4 members (excludes halogenated alkanes) is 6. The number of carbonyl (C=O) groups is 1. The van der Waals surface area contributed by atoms with E-state index in [1.165, 1.54) is 18.2 Å². The molecule has 0 radical (unpaired) electrons. The molecule has 0 saturated heterocycles. The summed E-state index contributed by atoms with van der Waals surface area (Å²) in [7, 11) is 0. The molecule has 0 fully saturated rings. The molecule has 0 heterocycles. The average Bonchev–Trinajstić information content (AvgIpc) is 3.10. The molecule has 5 aromatic carbocycles. The van der Waals surface area contributed by atoms with Crippen molar-refractivity contribution in [2.24, 2.45) is 0 Å².